The van der Waals surface area contributed by atoms with Crippen LogP contribution in [0, 0.1) is 0 Å². The largest absolute Gasteiger partial charge is 0.311 e. The minimum absolute atomic E-state index is 0.123. The fraction of sp³-hybridized carbons (Fsp3) is 0.106. The maximum Gasteiger partial charge on any atom is 0.0462 e. The van der Waals surface area contributed by atoms with E-state index in [9.17, 15) is 0 Å². The zero-order chi connectivity index (χ0) is 32.5. The van der Waals surface area contributed by atoms with Gasteiger partial charge in [-0.25, -0.2) is 0 Å². The van der Waals surface area contributed by atoms with Crippen molar-refractivity contribution in [3.8, 4) is 33.4 Å². The van der Waals surface area contributed by atoms with E-state index in [4.69, 9.17) is 0 Å². The van der Waals surface area contributed by atoms with Gasteiger partial charge in [0.2, 0.25) is 0 Å². The van der Waals surface area contributed by atoms with Gasteiger partial charge in [-0.2, -0.15) is 0 Å². The van der Waals surface area contributed by atoms with E-state index in [1.54, 1.807) is 0 Å². The van der Waals surface area contributed by atoms with E-state index in [0.29, 0.717) is 0 Å². The molecule has 230 valence electrons. The predicted octanol–water partition coefficient (Wildman–Crippen LogP) is 12.5. The van der Waals surface area contributed by atoms with Crippen molar-refractivity contribution in [2.24, 2.45) is 0 Å². The second-order valence-electron chi connectivity index (χ2n) is 13.9. The van der Waals surface area contributed by atoms with E-state index in [1.807, 2.05) is 0 Å². The Hall–Kier alpha value is -5.66. The lowest BCUT2D eigenvalue weighted by molar-refractivity contribution is 0.652. The zero-order valence-corrected chi connectivity index (χ0v) is 27.6. The molecule has 0 aromatic heterocycles. The number of hydrogen-bond acceptors (Lipinski definition) is 1. The molecule has 7 aromatic carbocycles. The minimum atomic E-state index is -0.201. The molecule has 0 fully saturated rings. The smallest absolute Gasteiger partial charge is 0.0462 e. The molecule has 9 rings (SSSR count). The number of nitrogens with zero attached hydrogens (tertiary/aromatic N) is 1. The molecule has 7 aromatic rings. The van der Waals surface area contributed by atoms with Gasteiger partial charge in [-0.05, 0) is 111 Å². The van der Waals surface area contributed by atoms with Gasteiger partial charge in [-0.3, -0.25) is 0 Å². The molecule has 0 spiro atoms. The van der Waals surface area contributed by atoms with Crippen LogP contribution in [-0.2, 0) is 10.8 Å². The first-order valence-corrected chi connectivity index (χ1v) is 16.9. The predicted molar refractivity (Wildman–Crippen MR) is 202 cm³/mol. The Bertz CT molecular complexity index is 2230. The summed E-state index contributed by atoms with van der Waals surface area (Å²) in [6.07, 6.45) is 0. The maximum absolute atomic E-state index is 2.50. The van der Waals surface area contributed by atoms with Crippen molar-refractivity contribution < 1.29 is 0 Å². The van der Waals surface area contributed by atoms with E-state index in [-0.39, 0.29) is 10.8 Å². The van der Waals surface area contributed by atoms with Crippen LogP contribution in [0.4, 0.5) is 17.1 Å². The number of hydrogen-bond donors (Lipinski definition) is 0. The van der Waals surface area contributed by atoms with Crippen molar-refractivity contribution in [2.75, 3.05) is 4.90 Å². The summed E-state index contributed by atoms with van der Waals surface area (Å²) >= 11 is 0. The number of rotatable bonds is 5. The zero-order valence-electron chi connectivity index (χ0n) is 27.6. The first kappa shape index (κ1) is 28.6. The Kier molecular flexibility index (Phi) is 6.36. The number of fused-ring (bicyclic) bond motifs is 6. The lowest BCUT2D eigenvalue weighted by atomic mass is 9.72. The molecule has 0 heterocycles. The van der Waals surface area contributed by atoms with E-state index >= 15 is 0 Å². The molecule has 0 saturated carbocycles. The van der Waals surface area contributed by atoms with Crippen LogP contribution in [0.5, 0.6) is 0 Å². The number of benzene rings is 7. The fourth-order valence-electron chi connectivity index (χ4n) is 8.40. The molecule has 0 N–H and O–H groups in total. The Labute approximate surface area is 283 Å². The van der Waals surface area contributed by atoms with Crippen LogP contribution >= 0.6 is 0 Å². The van der Waals surface area contributed by atoms with Crippen LogP contribution in [-0.4, -0.2) is 0 Å². The SMILES string of the molecule is CC1(C)c2cc(-c3ccc(N(c4ccccc4)c4ccccc4)cc3)ccc2-c2ccc(C3(C)c4ccccc4-c4ccccc43)cc21. The highest BCUT2D eigenvalue weighted by atomic mass is 15.1. The molecule has 0 bridgehead atoms. The topological polar surface area (TPSA) is 3.24 Å². The van der Waals surface area contributed by atoms with Gasteiger partial charge in [0.05, 0.1) is 0 Å². The van der Waals surface area contributed by atoms with Gasteiger partial charge in [-0.15, -0.1) is 0 Å². The monoisotopic (exact) mass is 615 g/mol. The summed E-state index contributed by atoms with van der Waals surface area (Å²) < 4.78 is 0. The van der Waals surface area contributed by atoms with Crippen molar-refractivity contribution in [1.29, 1.82) is 0 Å². The normalized spacial score (nSPS) is 14.5. The quantitative estimate of drug-likeness (QED) is 0.186. The molecule has 0 atom stereocenters. The molecule has 1 heteroatoms. The van der Waals surface area contributed by atoms with E-state index < -0.39 is 0 Å². The van der Waals surface area contributed by atoms with Gasteiger partial charge in [0.15, 0.2) is 0 Å². The third kappa shape index (κ3) is 4.17. The van der Waals surface area contributed by atoms with Gasteiger partial charge in [-0.1, -0.05) is 141 Å². The molecule has 2 aliphatic rings. The minimum Gasteiger partial charge on any atom is -0.311 e. The molecule has 0 amide bonds. The Morgan fingerprint density at radius 2 is 0.792 bits per heavy atom. The molecule has 48 heavy (non-hydrogen) atoms. The summed E-state index contributed by atoms with van der Waals surface area (Å²) in [5.74, 6) is 0. The second kappa shape index (κ2) is 10.7. The average Bonchev–Trinajstić information content (AvgIpc) is 3.54. The van der Waals surface area contributed by atoms with Crippen LogP contribution in [0.3, 0.4) is 0 Å². The molecular weight excluding hydrogens is 579 g/mol. The molecule has 0 saturated heterocycles. The Balaban J connectivity index is 1.08. The van der Waals surface area contributed by atoms with Gasteiger partial charge in [0.25, 0.3) is 0 Å². The van der Waals surface area contributed by atoms with Crippen molar-refractivity contribution in [3.63, 3.8) is 0 Å². The maximum atomic E-state index is 2.50. The summed E-state index contributed by atoms with van der Waals surface area (Å²) in [4.78, 5) is 2.31. The third-order valence-corrected chi connectivity index (χ3v) is 11.0. The lowest BCUT2D eigenvalue weighted by Gasteiger charge is -2.30. The lowest BCUT2D eigenvalue weighted by Crippen LogP contribution is -2.24. The first-order chi connectivity index (χ1) is 23.4. The van der Waals surface area contributed by atoms with E-state index in [0.717, 1.165) is 17.1 Å². The number of anilines is 3. The first-order valence-electron chi connectivity index (χ1n) is 16.9. The average molecular weight is 616 g/mol. The summed E-state index contributed by atoms with van der Waals surface area (Å²) in [6.45, 7) is 7.20. The van der Waals surface area contributed by atoms with Gasteiger partial charge in [0, 0.05) is 27.9 Å². The molecular formula is C47H37N. The highest BCUT2D eigenvalue weighted by molar-refractivity contribution is 5.87. The standard InChI is InChI=1S/C47H37N/c1-46(2)44-30-33(32-22-26-37(27-23-32)48(35-14-6-4-7-15-35)36-16-8-5-9-17-36)24-28-40(44)41-29-25-34(31-45(41)46)47(3)42-20-12-10-18-38(42)39-19-11-13-21-43(39)47/h4-31H,1-3H3. The molecule has 1 nitrogen and oxygen atoms in total. The van der Waals surface area contributed by atoms with E-state index in [1.165, 1.54) is 61.2 Å². The molecule has 2 aliphatic carbocycles. The van der Waals surface area contributed by atoms with Crippen molar-refractivity contribution in [2.45, 2.75) is 31.6 Å². The van der Waals surface area contributed by atoms with E-state index in [2.05, 4.69) is 196 Å². The highest BCUT2D eigenvalue weighted by Crippen LogP contribution is 2.55. The van der Waals surface area contributed by atoms with Crippen LogP contribution in [0.15, 0.2) is 170 Å². The summed E-state index contributed by atoms with van der Waals surface area (Å²) in [7, 11) is 0. The van der Waals surface area contributed by atoms with Crippen molar-refractivity contribution >= 4 is 17.1 Å². The third-order valence-electron chi connectivity index (χ3n) is 11.0. The fourth-order valence-corrected chi connectivity index (χ4v) is 8.40. The molecule has 0 aliphatic heterocycles. The van der Waals surface area contributed by atoms with Crippen LogP contribution < -0.4 is 4.90 Å². The summed E-state index contributed by atoms with van der Waals surface area (Å²) in [6, 6.07) is 62.4. The van der Waals surface area contributed by atoms with Crippen molar-refractivity contribution in [1.82, 2.24) is 0 Å². The van der Waals surface area contributed by atoms with Crippen LogP contribution in [0.2, 0.25) is 0 Å². The van der Waals surface area contributed by atoms with Gasteiger partial charge < -0.3 is 4.90 Å². The molecule has 0 unspecified atom stereocenters. The summed E-state index contributed by atoms with van der Waals surface area (Å²) in [5, 5.41) is 0. The Morgan fingerprint density at radius 1 is 0.354 bits per heavy atom. The van der Waals surface area contributed by atoms with Gasteiger partial charge >= 0.3 is 0 Å². The number of para-hydroxylation sites is 2. The van der Waals surface area contributed by atoms with Crippen LogP contribution in [0.1, 0.15) is 48.6 Å². The summed E-state index contributed by atoms with van der Waals surface area (Å²) in [5.41, 5.74) is 17.9. The van der Waals surface area contributed by atoms with Crippen molar-refractivity contribution in [3.05, 3.63) is 198 Å². The highest BCUT2D eigenvalue weighted by Gasteiger charge is 2.43. The Morgan fingerprint density at radius 3 is 1.38 bits per heavy atom. The van der Waals surface area contributed by atoms with Gasteiger partial charge in [0.1, 0.15) is 0 Å². The molecule has 0 radical (unpaired) electrons. The second-order valence-corrected chi connectivity index (χ2v) is 13.9. The van der Waals surface area contributed by atoms with Crippen LogP contribution in [0.25, 0.3) is 33.4 Å².